The molecule has 9 rings (SSSR count). The molecule has 0 saturated heterocycles. The predicted molar refractivity (Wildman–Crippen MR) is 210 cm³/mol. The molecule has 3 fully saturated rings. The van der Waals surface area contributed by atoms with Gasteiger partial charge in [-0.3, -0.25) is 4.79 Å². The molecule has 0 amide bonds. The molecule has 8 atom stereocenters. The van der Waals surface area contributed by atoms with Crippen LogP contribution in [-0.2, 0) is 27.8 Å². The summed E-state index contributed by atoms with van der Waals surface area (Å²) in [5.41, 5.74) is -2.48. The molecule has 0 aliphatic heterocycles. The molecular formula is C43H49ClFNO7S2. The molecular weight excluding hydrogens is 761 g/mol. The Labute approximate surface area is 332 Å². The van der Waals surface area contributed by atoms with Crippen LogP contribution in [0.15, 0.2) is 81.9 Å². The van der Waals surface area contributed by atoms with Crippen LogP contribution in [0.5, 0.6) is 11.5 Å². The SMILES string of the molecule is COc1ccc(CN(CC2(O)CCC3C45C=CC6(C=C4C(=O)Cc4c(F)cccc4Cl)CC(O)CCC6(C)C5CCC32C)S(=O)(=O)c2cccs2)c(OC)c1. The number of allylic oxidation sites excluding steroid dienone is 4. The number of thiophene rings is 1. The number of aliphatic hydroxyl groups is 2. The highest BCUT2D eigenvalue weighted by Crippen LogP contribution is 2.78. The molecule has 1 aromatic heterocycles. The van der Waals surface area contributed by atoms with E-state index in [1.54, 1.807) is 48.9 Å². The zero-order valence-corrected chi connectivity index (χ0v) is 34.1. The first-order valence-corrected chi connectivity index (χ1v) is 21.8. The molecule has 2 N–H and O–H groups in total. The van der Waals surface area contributed by atoms with E-state index in [1.165, 1.54) is 23.5 Å². The minimum Gasteiger partial charge on any atom is -0.497 e. The lowest BCUT2D eigenvalue weighted by Crippen LogP contribution is -2.67. The van der Waals surface area contributed by atoms with Gasteiger partial charge in [0.05, 0.1) is 25.9 Å². The summed E-state index contributed by atoms with van der Waals surface area (Å²) in [6.07, 6.45) is 9.94. The van der Waals surface area contributed by atoms with Gasteiger partial charge in [0.25, 0.3) is 10.0 Å². The van der Waals surface area contributed by atoms with E-state index >= 15 is 4.39 Å². The molecule has 2 spiro atoms. The van der Waals surface area contributed by atoms with Crippen LogP contribution in [0.4, 0.5) is 4.39 Å². The molecule has 8 unspecified atom stereocenters. The van der Waals surface area contributed by atoms with Gasteiger partial charge in [-0.15, -0.1) is 11.3 Å². The van der Waals surface area contributed by atoms with Gasteiger partial charge in [-0.05, 0) is 91.8 Å². The summed E-state index contributed by atoms with van der Waals surface area (Å²) in [5.74, 6) is 0.0913. The fourth-order valence-corrected chi connectivity index (χ4v) is 14.7. The van der Waals surface area contributed by atoms with E-state index in [-0.39, 0.29) is 57.3 Å². The molecule has 55 heavy (non-hydrogen) atoms. The number of hydrogen-bond acceptors (Lipinski definition) is 8. The molecule has 1 heterocycles. The topological polar surface area (TPSA) is 113 Å². The summed E-state index contributed by atoms with van der Waals surface area (Å²) in [6.45, 7) is 4.17. The number of halogens is 2. The van der Waals surface area contributed by atoms with Gasteiger partial charge in [0.1, 0.15) is 21.5 Å². The number of hydrogen-bond donors (Lipinski definition) is 2. The summed E-state index contributed by atoms with van der Waals surface area (Å²) in [4.78, 5) is 14.8. The van der Waals surface area contributed by atoms with Crippen molar-refractivity contribution in [2.45, 2.75) is 87.7 Å². The van der Waals surface area contributed by atoms with Gasteiger partial charge in [-0.2, -0.15) is 4.31 Å². The third kappa shape index (κ3) is 5.65. The number of aliphatic hydroxyl groups excluding tert-OH is 1. The first kappa shape index (κ1) is 38.8. The molecule has 0 radical (unpaired) electrons. The normalized spacial score (nSPS) is 34.9. The molecule has 6 aliphatic rings. The van der Waals surface area contributed by atoms with Gasteiger partial charge in [0, 0.05) is 63.5 Å². The van der Waals surface area contributed by atoms with Crippen molar-refractivity contribution in [1.29, 1.82) is 0 Å². The highest BCUT2D eigenvalue weighted by atomic mass is 35.5. The Bertz CT molecular complexity index is 2170. The zero-order chi connectivity index (χ0) is 39.2. The van der Waals surface area contributed by atoms with Crippen LogP contribution in [0.2, 0.25) is 5.02 Å². The Kier molecular flexibility index (Phi) is 9.54. The van der Waals surface area contributed by atoms with Crippen LogP contribution in [0.3, 0.4) is 0 Å². The van der Waals surface area contributed by atoms with Crippen molar-refractivity contribution in [3.05, 3.63) is 99.7 Å². The van der Waals surface area contributed by atoms with Crippen molar-refractivity contribution >= 4 is 38.7 Å². The fourth-order valence-electron chi connectivity index (χ4n) is 11.8. The third-order valence-corrected chi connectivity index (χ3v) is 18.3. The number of carbonyl (C=O) groups excluding carboxylic acids is 1. The highest BCUT2D eigenvalue weighted by Gasteiger charge is 2.74. The van der Waals surface area contributed by atoms with Gasteiger partial charge in [-0.1, -0.05) is 61.9 Å². The van der Waals surface area contributed by atoms with E-state index in [4.69, 9.17) is 21.1 Å². The Morgan fingerprint density at radius 3 is 2.45 bits per heavy atom. The lowest BCUT2D eigenvalue weighted by molar-refractivity contribution is -0.177. The lowest BCUT2D eigenvalue weighted by atomic mass is 9.32. The summed E-state index contributed by atoms with van der Waals surface area (Å²) >= 11 is 7.61. The average Bonchev–Trinajstić information content (AvgIpc) is 3.80. The number of methoxy groups -OCH3 is 2. The largest absolute Gasteiger partial charge is 0.497 e. The predicted octanol–water partition coefficient (Wildman–Crippen LogP) is 8.15. The quantitative estimate of drug-likeness (QED) is 0.188. The highest BCUT2D eigenvalue weighted by molar-refractivity contribution is 7.91. The molecule has 6 aliphatic carbocycles. The number of nitrogens with zero attached hydrogens (tertiary/aromatic N) is 1. The minimum atomic E-state index is -4.07. The van der Waals surface area contributed by atoms with Crippen LogP contribution >= 0.6 is 22.9 Å². The first-order chi connectivity index (χ1) is 26.1. The van der Waals surface area contributed by atoms with Gasteiger partial charge >= 0.3 is 0 Å². The van der Waals surface area contributed by atoms with Crippen molar-refractivity contribution in [3.63, 3.8) is 0 Å². The zero-order valence-electron chi connectivity index (χ0n) is 31.7. The maximum atomic E-state index is 15.2. The van der Waals surface area contributed by atoms with E-state index < -0.39 is 43.8 Å². The summed E-state index contributed by atoms with van der Waals surface area (Å²) in [6, 6.07) is 13.0. The van der Waals surface area contributed by atoms with Crippen LogP contribution in [0, 0.1) is 39.3 Å². The Morgan fingerprint density at radius 2 is 1.75 bits per heavy atom. The Hall–Kier alpha value is -3.06. The number of fused-ring (bicyclic) bond motifs is 1. The van der Waals surface area contributed by atoms with E-state index in [1.807, 2.05) is 0 Å². The maximum absolute atomic E-state index is 15.2. The molecule has 12 heteroatoms. The molecule has 3 saturated carbocycles. The molecule has 2 bridgehead atoms. The summed E-state index contributed by atoms with van der Waals surface area (Å²) in [5, 5.41) is 26.1. The van der Waals surface area contributed by atoms with Gasteiger partial charge in [-0.25, -0.2) is 12.8 Å². The molecule has 294 valence electrons. The first-order valence-electron chi connectivity index (χ1n) is 19.1. The van der Waals surface area contributed by atoms with Gasteiger partial charge in [0.2, 0.25) is 0 Å². The number of ether oxygens (including phenoxy) is 2. The average molecular weight is 810 g/mol. The Morgan fingerprint density at radius 1 is 1.00 bits per heavy atom. The summed E-state index contributed by atoms with van der Waals surface area (Å²) < 4.78 is 56.8. The minimum absolute atomic E-state index is 0.0208. The van der Waals surface area contributed by atoms with E-state index in [0.717, 1.165) is 17.8 Å². The second-order valence-electron chi connectivity index (χ2n) is 17.0. The number of rotatable bonds is 11. The van der Waals surface area contributed by atoms with Crippen LogP contribution in [0.1, 0.15) is 69.9 Å². The van der Waals surface area contributed by atoms with Crippen molar-refractivity contribution < 1.29 is 37.3 Å². The third-order valence-electron chi connectivity index (χ3n) is 14.8. The second kappa shape index (κ2) is 13.5. The number of sulfonamides is 1. The Balaban J connectivity index is 1.22. The standard InChI is InChI=1S/C43H49ClFNO7S2/c1-39-15-12-28(47)23-41(39)18-19-43(31(24-41)34(48)22-30-32(44)7-5-8-33(30)45)36(39)13-16-40(2)37(43)14-17-42(40,49)26-46(55(50,51)38-9-6-20-54-38)25-27-10-11-29(52-3)21-35(27)53-4/h5-11,18-21,24,28,36-37,47,49H,12-17,22-23,25-26H2,1-4H3. The van der Waals surface area contributed by atoms with Crippen LogP contribution in [0.25, 0.3) is 0 Å². The van der Waals surface area contributed by atoms with E-state index in [9.17, 15) is 23.4 Å². The van der Waals surface area contributed by atoms with Crippen molar-refractivity contribution in [2.24, 2.45) is 33.5 Å². The monoisotopic (exact) mass is 809 g/mol. The molecule has 2 aromatic carbocycles. The molecule has 8 nitrogen and oxygen atoms in total. The van der Waals surface area contributed by atoms with Gasteiger partial charge in [0.15, 0.2) is 5.78 Å². The lowest BCUT2D eigenvalue weighted by Gasteiger charge is -2.71. The van der Waals surface area contributed by atoms with Crippen LogP contribution < -0.4 is 9.47 Å². The smallest absolute Gasteiger partial charge is 0.252 e. The summed E-state index contributed by atoms with van der Waals surface area (Å²) in [7, 11) is -0.986. The fraction of sp³-hybridized carbons (Fsp3) is 0.512. The van der Waals surface area contributed by atoms with Crippen LogP contribution in [-0.4, -0.2) is 61.2 Å². The second-order valence-corrected chi connectivity index (χ2v) is 20.5. The van der Waals surface area contributed by atoms with E-state index in [0.29, 0.717) is 61.2 Å². The van der Waals surface area contributed by atoms with Gasteiger partial charge < -0.3 is 19.7 Å². The van der Waals surface area contributed by atoms with Crippen molar-refractivity contribution in [2.75, 3.05) is 20.8 Å². The number of benzene rings is 2. The number of ketones is 1. The van der Waals surface area contributed by atoms with Crippen molar-refractivity contribution in [3.8, 4) is 11.5 Å². The number of carbonyl (C=O) groups is 1. The maximum Gasteiger partial charge on any atom is 0.252 e. The van der Waals surface area contributed by atoms with E-state index in [2.05, 4.69) is 32.1 Å². The number of Topliss-reactive ketones (excluding diaryl/α,β-unsaturated/α-hetero) is 1. The van der Waals surface area contributed by atoms with Crippen molar-refractivity contribution in [1.82, 2.24) is 4.31 Å². The molecule has 3 aromatic rings.